The van der Waals surface area contributed by atoms with E-state index in [4.69, 9.17) is 22.9 Å². The number of benzene rings is 1. The van der Waals surface area contributed by atoms with Gasteiger partial charge in [0.1, 0.15) is 0 Å². The van der Waals surface area contributed by atoms with Gasteiger partial charge in [0.2, 0.25) is 10.0 Å². The van der Waals surface area contributed by atoms with Gasteiger partial charge in [0.05, 0.1) is 33.2 Å². The third kappa shape index (κ3) is 2.67. The van der Waals surface area contributed by atoms with Crippen molar-refractivity contribution in [2.45, 2.75) is 45.3 Å². The predicted molar refractivity (Wildman–Crippen MR) is 90.4 cm³/mol. The highest BCUT2D eigenvalue weighted by atomic mass is 32.2. The van der Waals surface area contributed by atoms with Gasteiger partial charge in [0, 0.05) is 0 Å². The van der Waals surface area contributed by atoms with Crippen molar-refractivity contribution in [3.8, 4) is 0 Å². The van der Waals surface area contributed by atoms with Crippen LogP contribution in [0.15, 0.2) is 0 Å². The van der Waals surface area contributed by atoms with Crippen LogP contribution in [0.25, 0.3) is 0 Å². The summed E-state index contributed by atoms with van der Waals surface area (Å²) < 4.78 is 26.7. The maximum Gasteiger partial charge on any atom is 0.238 e. The Labute approximate surface area is 126 Å². The number of rotatable bonds is 5. The zero-order valence-electron chi connectivity index (χ0n) is 12.9. The number of nitrogens with two attached hydrogens (primary N) is 4. The van der Waals surface area contributed by atoms with Crippen molar-refractivity contribution in [1.82, 2.24) is 0 Å². The average Bonchev–Trinajstić information content (AvgIpc) is 2.46. The molecule has 0 fully saturated rings. The zero-order valence-corrected chi connectivity index (χ0v) is 13.8. The third-order valence-electron chi connectivity index (χ3n) is 4.31. The molecule has 0 aliphatic heterocycles. The fourth-order valence-corrected chi connectivity index (χ4v) is 3.46. The molecule has 0 unspecified atom stereocenters. The summed E-state index contributed by atoms with van der Waals surface area (Å²) in [6.45, 7) is 6.97. The van der Waals surface area contributed by atoms with Gasteiger partial charge in [-0.25, -0.2) is 8.42 Å². The predicted octanol–water partition coefficient (Wildman–Crippen LogP) is 1.64. The Morgan fingerprint density at radius 2 is 1.33 bits per heavy atom. The van der Waals surface area contributed by atoms with E-state index in [-0.39, 0.29) is 28.4 Å². The van der Waals surface area contributed by atoms with Gasteiger partial charge >= 0.3 is 0 Å². The summed E-state index contributed by atoms with van der Waals surface area (Å²) >= 11 is 0. The quantitative estimate of drug-likeness (QED) is 0.521. The smallest absolute Gasteiger partial charge is 0.238 e. The third-order valence-corrected chi connectivity index (χ3v) is 6.66. The molecule has 0 heterocycles. The van der Waals surface area contributed by atoms with Crippen molar-refractivity contribution in [2.75, 3.05) is 27.7 Å². The van der Waals surface area contributed by atoms with E-state index in [1.54, 1.807) is 13.8 Å². The van der Waals surface area contributed by atoms with Crippen LogP contribution < -0.4 is 27.7 Å². The molecular formula is C13H25N5O2S. The molecule has 0 aromatic heterocycles. The maximum atomic E-state index is 12.6. The first-order chi connectivity index (χ1) is 9.52. The molecule has 0 saturated heterocycles. The Hall–Kier alpha value is -1.83. The molecule has 7 nitrogen and oxygen atoms in total. The number of hydrogen-bond acceptors (Lipinski definition) is 6. The van der Waals surface area contributed by atoms with Gasteiger partial charge in [0.25, 0.3) is 0 Å². The van der Waals surface area contributed by atoms with Crippen LogP contribution in [0.2, 0.25) is 0 Å². The van der Waals surface area contributed by atoms with Crippen molar-refractivity contribution in [3.05, 3.63) is 5.56 Å². The van der Waals surface area contributed by atoms with E-state index in [2.05, 4.69) is 4.72 Å². The Morgan fingerprint density at radius 3 is 1.67 bits per heavy atom. The second-order valence-corrected chi connectivity index (χ2v) is 7.61. The van der Waals surface area contributed by atoms with Crippen molar-refractivity contribution in [2.24, 2.45) is 0 Å². The summed E-state index contributed by atoms with van der Waals surface area (Å²) in [5.74, 6) is 0. The molecule has 1 aromatic rings. The molecule has 0 aliphatic carbocycles. The minimum Gasteiger partial charge on any atom is -0.397 e. The Kier molecular flexibility index (Phi) is 4.52. The first kappa shape index (κ1) is 17.2. The van der Waals surface area contributed by atoms with Crippen LogP contribution in [0.5, 0.6) is 0 Å². The number of nitrogens with one attached hydrogen (secondary N) is 1. The number of anilines is 5. The van der Waals surface area contributed by atoms with Crippen LogP contribution in [0, 0.1) is 6.92 Å². The van der Waals surface area contributed by atoms with Crippen molar-refractivity contribution in [1.29, 1.82) is 0 Å². The van der Waals surface area contributed by atoms with Crippen molar-refractivity contribution < 1.29 is 8.42 Å². The van der Waals surface area contributed by atoms with Gasteiger partial charge in [-0.3, -0.25) is 4.72 Å². The average molecular weight is 315 g/mol. The minimum atomic E-state index is -3.69. The molecule has 8 heteroatoms. The van der Waals surface area contributed by atoms with Crippen molar-refractivity contribution in [3.63, 3.8) is 0 Å². The Morgan fingerprint density at radius 1 is 0.952 bits per heavy atom. The minimum absolute atomic E-state index is 0.0590. The lowest BCUT2D eigenvalue weighted by atomic mass is 10.1. The van der Waals surface area contributed by atoms with Gasteiger partial charge in [-0.1, -0.05) is 13.8 Å². The topological polar surface area (TPSA) is 150 Å². The SMILES string of the molecule is CCC(C)(CC)S(=O)(=O)Nc1c(N)c(N)c(C)c(N)c1N. The summed E-state index contributed by atoms with van der Waals surface area (Å²) in [4.78, 5) is 0. The summed E-state index contributed by atoms with van der Waals surface area (Å²) in [5.41, 5.74) is 24.8. The lowest BCUT2D eigenvalue weighted by Crippen LogP contribution is -2.39. The van der Waals surface area contributed by atoms with E-state index >= 15 is 0 Å². The molecule has 21 heavy (non-hydrogen) atoms. The Balaban J connectivity index is 3.46. The second kappa shape index (κ2) is 5.51. The summed E-state index contributed by atoms with van der Waals surface area (Å²) in [7, 11) is -3.69. The second-order valence-electron chi connectivity index (χ2n) is 5.42. The lowest BCUT2D eigenvalue weighted by molar-refractivity contribution is 0.511. The molecule has 0 atom stereocenters. The molecule has 0 bridgehead atoms. The molecule has 0 aliphatic rings. The van der Waals surface area contributed by atoms with E-state index in [0.29, 0.717) is 18.4 Å². The van der Waals surface area contributed by atoms with Crippen LogP contribution >= 0.6 is 0 Å². The molecule has 1 aromatic carbocycles. The van der Waals surface area contributed by atoms with E-state index in [1.165, 1.54) is 0 Å². The molecule has 9 N–H and O–H groups in total. The number of hydrogen-bond donors (Lipinski definition) is 5. The number of nitrogen functional groups attached to an aromatic ring is 4. The summed E-state index contributed by atoms with van der Waals surface area (Å²) in [5, 5.41) is 0. The van der Waals surface area contributed by atoms with Gasteiger partial charge in [0.15, 0.2) is 0 Å². The summed E-state index contributed by atoms with van der Waals surface area (Å²) in [6.07, 6.45) is 0.908. The van der Waals surface area contributed by atoms with Crippen LogP contribution in [0.4, 0.5) is 28.4 Å². The molecule has 1 rings (SSSR count). The van der Waals surface area contributed by atoms with Gasteiger partial charge in [-0.05, 0) is 32.3 Å². The largest absolute Gasteiger partial charge is 0.397 e. The fourth-order valence-electron chi connectivity index (χ4n) is 1.96. The molecule has 0 radical (unpaired) electrons. The lowest BCUT2D eigenvalue weighted by Gasteiger charge is -2.28. The van der Waals surface area contributed by atoms with Crippen LogP contribution in [-0.4, -0.2) is 13.2 Å². The monoisotopic (exact) mass is 315 g/mol. The normalized spacial score (nSPS) is 12.4. The van der Waals surface area contributed by atoms with E-state index in [0.717, 1.165) is 0 Å². The molecule has 120 valence electrons. The first-order valence-corrected chi connectivity index (χ1v) is 8.25. The van der Waals surface area contributed by atoms with E-state index in [9.17, 15) is 8.42 Å². The van der Waals surface area contributed by atoms with Crippen LogP contribution in [0.1, 0.15) is 39.2 Å². The highest BCUT2D eigenvalue weighted by Gasteiger charge is 2.36. The van der Waals surface area contributed by atoms with Crippen LogP contribution in [-0.2, 0) is 10.0 Å². The van der Waals surface area contributed by atoms with Crippen molar-refractivity contribution >= 4 is 38.5 Å². The van der Waals surface area contributed by atoms with E-state index in [1.807, 2.05) is 13.8 Å². The molecule has 0 amide bonds. The summed E-state index contributed by atoms with van der Waals surface area (Å²) in [6, 6.07) is 0. The fraction of sp³-hybridized carbons (Fsp3) is 0.538. The zero-order chi connectivity index (χ0) is 16.6. The standard InChI is InChI=1S/C13H25N5O2S/c1-5-13(4,6-2)21(19,20)18-12-10(16)8(14)7(3)9(15)11(12)17/h18H,5-6,14-17H2,1-4H3. The van der Waals surface area contributed by atoms with Gasteiger partial charge in [-0.2, -0.15) is 0 Å². The number of sulfonamides is 1. The molecular weight excluding hydrogens is 290 g/mol. The van der Waals surface area contributed by atoms with Crippen LogP contribution in [0.3, 0.4) is 0 Å². The van der Waals surface area contributed by atoms with E-state index < -0.39 is 14.8 Å². The molecule has 0 spiro atoms. The molecule has 0 saturated carbocycles. The maximum absolute atomic E-state index is 12.6. The Bertz CT molecular complexity index is 622. The highest BCUT2D eigenvalue weighted by molar-refractivity contribution is 7.94. The first-order valence-electron chi connectivity index (χ1n) is 6.77. The van der Waals surface area contributed by atoms with Gasteiger partial charge in [-0.15, -0.1) is 0 Å². The van der Waals surface area contributed by atoms with Gasteiger partial charge < -0.3 is 22.9 Å². The highest BCUT2D eigenvalue weighted by Crippen LogP contribution is 2.41.